The molecule has 5 heteroatoms. The number of rotatable bonds is 1. The summed E-state index contributed by atoms with van der Waals surface area (Å²) in [5, 5.41) is 15.9. The largest absolute Gasteiger partial charge is 0.476 e. The van der Waals surface area contributed by atoms with Crippen molar-refractivity contribution in [1.82, 2.24) is 0 Å². The summed E-state index contributed by atoms with van der Waals surface area (Å²) in [4.78, 5) is 14.4. The van der Waals surface area contributed by atoms with E-state index < -0.39 is 5.97 Å². The molecular weight excluding hydrogens is 158 g/mol. The summed E-state index contributed by atoms with van der Waals surface area (Å²) in [6.45, 7) is 0. The second kappa shape index (κ2) is 2.37. The molecule has 1 N–H and O–H groups in total. The average molecular weight is 163 g/mol. The SMILES string of the molecule is O=C(O)C1=NN=C2CC=CN=C21. The van der Waals surface area contributed by atoms with Crippen LogP contribution in [0.2, 0.25) is 0 Å². The molecule has 0 aromatic carbocycles. The number of carboxylic acid groups (broad SMARTS) is 1. The zero-order chi connectivity index (χ0) is 8.55. The van der Waals surface area contributed by atoms with E-state index in [1.807, 2.05) is 6.08 Å². The third kappa shape index (κ3) is 0.868. The van der Waals surface area contributed by atoms with Gasteiger partial charge in [0.1, 0.15) is 5.71 Å². The van der Waals surface area contributed by atoms with Crippen molar-refractivity contribution in [1.29, 1.82) is 0 Å². The van der Waals surface area contributed by atoms with Gasteiger partial charge in [0.2, 0.25) is 0 Å². The number of nitrogens with zero attached hydrogens (tertiary/aromatic N) is 3. The molecule has 2 heterocycles. The minimum atomic E-state index is -1.08. The molecule has 60 valence electrons. The third-order valence-corrected chi connectivity index (χ3v) is 1.59. The number of fused-ring (bicyclic) bond motifs is 1. The Morgan fingerprint density at radius 1 is 1.50 bits per heavy atom. The molecule has 12 heavy (non-hydrogen) atoms. The van der Waals surface area contributed by atoms with Crippen molar-refractivity contribution >= 4 is 23.1 Å². The molecular formula is C7H5N3O2. The fraction of sp³-hybridized carbons (Fsp3) is 0.143. The van der Waals surface area contributed by atoms with Crippen LogP contribution < -0.4 is 0 Å². The van der Waals surface area contributed by atoms with E-state index in [1.54, 1.807) is 6.20 Å². The lowest BCUT2D eigenvalue weighted by Gasteiger charge is -2.01. The first-order valence-electron chi connectivity index (χ1n) is 3.40. The third-order valence-electron chi connectivity index (χ3n) is 1.59. The molecule has 2 aliphatic rings. The van der Waals surface area contributed by atoms with Gasteiger partial charge < -0.3 is 5.11 Å². The summed E-state index contributed by atoms with van der Waals surface area (Å²) < 4.78 is 0. The van der Waals surface area contributed by atoms with Crippen LogP contribution >= 0.6 is 0 Å². The highest BCUT2D eigenvalue weighted by atomic mass is 16.4. The first-order chi connectivity index (χ1) is 5.79. The van der Waals surface area contributed by atoms with Crippen molar-refractivity contribution in [2.75, 3.05) is 0 Å². The average Bonchev–Trinajstić information content (AvgIpc) is 2.47. The molecule has 0 saturated heterocycles. The molecule has 0 fully saturated rings. The minimum Gasteiger partial charge on any atom is -0.476 e. The van der Waals surface area contributed by atoms with Crippen molar-refractivity contribution in [2.24, 2.45) is 15.2 Å². The van der Waals surface area contributed by atoms with Gasteiger partial charge in [0.25, 0.3) is 0 Å². The first kappa shape index (κ1) is 6.90. The topological polar surface area (TPSA) is 74.4 Å². The number of aliphatic imine (C=N–C) groups is 1. The summed E-state index contributed by atoms with van der Waals surface area (Å²) in [5.41, 5.74) is 0.967. The second-order valence-corrected chi connectivity index (χ2v) is 2.37. The standard InChI is InChI=1S/C7H5N3O2/c11-7(12)6-5-4(9-10-6)2-1-3-8-5/h1,3H,2H2,(H,11,12). The van der Waals surface area contributed by atoms with E-state index in [1.165, 1.54) is 0 Å². The molecule has 0 amide bonds. The van der Waals surface area contributed by atoms with Gasteiger partial charge in [-0.15, -0.1) is 5.10 Å². The Morgan fingerprint density at radius 2 is 2.33 bits per heavy atom. The molecule has 0 aliphatic carbocycles. The molecule has 0 radical (unpaired) electrons. The van der Waals surface area contributed by atoms with E-state index in [0.717, 1.165) is 0 Å². The van der Waals surface area contributed by atoms with Gasteiger partial charge in [0, 0.05) is 12.6 Å². The highest BCUT2D eigenvalue weighted by Crippen LogP contribution is 2.09. The van der Waals surface area contributed by atoms with Crippen LogP contribution in [0, 0.1) is 0 Å². The number of carboxylic acids is 1. The van der Waals surface area contributed by atoms with Crippen LogP contribution in [-0.2, 0) is 4.79 Å². The first-order valence-corrected chi connectivity index (χ1v) is 3.40. The van der Waals surface area contributed by atoms with Crippen LogP contribution in [0.3, 0.4) is 0 Å². The molecule has 2 rings (SSSR count). The summed E-state index contributed by atoms with van der Waals surface area (Å²) in [6.07, 6.45) is 3.99. The Kier molecular flexibility index (Phi) is 1.36. The normalized spacial score (nSPS) is 19.5. The summed E-state index contributed by atoms with van der Waals surface area (Å²) >= 11 is 0. The van der Waals surface area contributed by atoms with Crippen molar-refractivity contribution in [3.05, 3.63) is 12.3 Å². The van der Waals surface area contributed by atoms with Crippen LogP contribution in [-0.4, -0.2) is 28.2 Å². The monoisotopic (exact) mass is 163 g/mol. The highest BCUT2D eigenvalue weighted by Gasteiger charge is 2.27. The van der Waals surface area contributed by atoms with Crippen molar-refractivity contribution in [3.63, 3.8) is 0 Å². The van der Waals surface area contributed by atoms with E-state index in [9.17, 15) is 4.79 Å². The van der Waals surface area contributed by atoms with Crippen LogP contribution in [0.15, 0.2) is 27.5 Å². The fourth-order valence-electron chi connectivity index (χ4n) is 1.05. The lowest BCUT2D eigenvalue weighted by molar-refractivity contribution is -0.129. The maximum Gasteiger partial charge on any atom is 0.358 e. The number of hydrogen-bond donors (Lipinski definition) is 1. The highest BCUT2D eigenvalue weighted by molar-refractivity contribution is 6.82. The maximum absolute atomic E-state index is 10.5. The maximum atomic E-state index is 10.5. The summed E-state index contributed by atoms with van der Waals surface area (Å²) in [6, 6.07) is 0. The molecule has 0 spiro atoms. The van der Waals surface area contributed by atoms with Crippen LogP contribution in [0.4, 0.5) is 0 Å². The van der Waals surface area contributed by atoms with Crippen molar-refractivity contribution in [3.8, 4) is 0 Å². The molecule has 0 saturated carbocycles. The molecule has 0 aromatic rings. The molecule has 0 unspecified atom stereocenters. The zero-order valence-corrected chi connectivity index (χ0v) is 6.06. The summed E-state index contributed by atoms with van der Waals surface area (Å²) in [7, 11) is 0. The summed E-state index contributed by atoms with van der Waals surface area (Å²) in [5.74, 6) is -1.08. The lowest BCUT2D eigenvalue weighted by atomic mass is 10.1. The quantitative estimate of drug-likeness (QED) is 0.601. The Balaban J connectivity index is 2.40. The van der Waals surface area contributed by atoms with Gasteiger partial charge in [-0.1, -0.05) is 6.08 Å². The van der Waals surface area contributed by atoms with Gasteiger partial charge >= 0.3 is 5.97 Å². The zero-order valence-electron chi connectivity index (χ0n) is 6.06. The van der Waals surface area contributed by atoms with E-state index in [0.29, 0.717) is 17.8 Å². The van der Waals surface area contributed by atoms with Gasteiger partial charge in [-0.25, -0.2) is 4.79 Å². The second-order valence-electron chi connectivity index (χ2n) is 2.37. The minimum absolute atomic E-state index is 0.0608. The van der Waals surface area contributed by atoms with Crippen LogP contribution in [0.25, 0.3) is 0 Å². The van der Waals surface area contributed by atoms with E-state index in [-0.39, 0.29) is 5.71 Å². The predicted molar refractivity (Wildman–Crippen MR) is 43.7 cm³/mol. The van der Waals surface area contributed by atoms with Gasteiger partial charge in [-0.2, -0.15) is 5.10 Å². The predicted octanol–water partition coefficient (Wildman–Crippen LogP) is 0.240. The number of aliphatic carboxylic acids is 1. The van der Waals surface area contributed by atoms with Gasteiger partial charge in [-0.05, 0) is 0 Å². The molecule has 0 atom stereocenters. The Bertz CT molecular complexity index is 363. The van der Waals surface area contributed by atoms with Crippen LogP contribution in [0.5, 0.6) is 0 Å². The lowest BCUT2D eigenvalue weighted by Crippen LogP contribution is -2.27. The van der Waals surface area contributed by atoms with Gasteiger partial charge in [0.05, 0.1) is 5.71 Å². The smallest absolute Gasteiger partial charge is 0.358 e. The Hall–Kier alpha value is -1.78. The fourth-order valence-corrected chi connectivity index (χ4v) is 1.05. The Morgan fingerprint density at radius 3 is 3.08 bits per heavy atom. The number of carbonyl (C=O) groups is 1. The van der Waals surface area contributed by atoms with Gasteiger partial charge in [0.15, 0.2) is 5.71 Å². The molecule has 0 aromatic heterocycles. The van der Waals surface area contributed by atoms with E-state index in [4.69, 9.17) is 5.11 Å². The number of allylic oxidation sites excluding steroid dienone is 1. The van der Waals surface area contributed by atoms with E-state index in [2.05, 4.69) is 15.2 Å². The van der Waals surface area contributed by atoms with Crippen LogP contribution in [0.1, 0.15) is 6.42 Å². The van der Waals surface area contributed by atoms with E-state index >= 15 is 0 Å². The van der Waals surface area contributed by atoms with Crippen molar-refractivity contribution in [2.45, 2.75) is 6.42 Å². The molecule has 2 aliphatic heterocycles. The molecule has 0 bridgehead atoms. The molecule has 5 nitrogen and oxygen atoms in total. The van der Waals surface area contributed by atoms with Gasteiger partial charge in [-0.3, -0.25) is 4.99 Å². The van der Waals surface area contributed by atoms with Crippen molar-refractivity contribution < 1.29 is 9.90 Å². The Labute approximate surface area is 67.8 Å². The number of hydrogen-bond acceptors (Lipinski definition) is 4.